The van der Waals surface area contributed by atoms with E-state index in [1.807, 2.05) is 69.3 Å². The van der Waals surface area contributed by atoms with Gasteiger partial charge in [-0.3, -0.25) is 14.9 Å². The molecule has 194 valence electrons. The Labute approximate surface area is 217 Å². The highest BCUT2D eigenvalue weighted by molar-refractivity contribution is 5.87. The molecule has 37 heavy (non-hydrogen) atoms. The number of rotatable bonds is 8. The second-order valence-corrected chi connectivity index (χ2v) is 10.2. The monoisotopic (exact) mass is 503 g/mol. The number of non-ortho nitro benzene ring substituents is 1. The summed E-state index contributed by atoms with van der Waals surface area (Å²) >= 11 is 0. The summed E-state index contributed by atoms with van der Waals surface area (Å²) in [6.45, 7) is 6.78. The van der Waals surface area contributed by atoms with Crippen molar-refractivity contribution in [3.63, 3.8) is 0 Å². The summed E-state index contributed by atoms with van der Waals surface area (Å²) in [6.07, 6.45) is 1.13. The standard InChI is InChI=1S/C29H33N3O5/c1-29(2,3)37-25-12-7-21(8-13-25)17-27-28(33)31(16-15-20-5-10-24(36-4)11-6-20)19-22-18-23(32(34)35)9-14-26(22)30-27/h5-14,18,27,30H,15-17,19H2,1-4H3/t27-/m0/s1. The number of benzene rings is 3. The molecule has 0 saturated heterocycles. The molecule has 1 heterocycles. The van der Waals surface area contributed by atoms with Crippen LogP contribution in [0, 0.1) is 10.1 Å². The van der Waals surface area contributed by atoms with Gasteiger partial charge in [0.1, 0.15) is 23.1 Å². The minimum Gasteiger partial charge on any atom is -0.497 e. The highest BCUT2D eigenvalue weighted by atomic mass is 16.6. The molecule has 1 N–H and O–H groups in total. The van der Waals surface area contributed by atoms with E-state index >= 15 is 0 Å². The molecule has 1 atom stereocenters. The molecule has 3 aromatic rings. The zero-order valence-electron chi connectivity index (χ0n) is 21.7. The number of methoxy groups -OCH3 is 1. The molecule has 4 rings (SSSR count). The van der Waals surface area contributed by atoms with Gasteiger partial charge in [0.2, 0.25) is 5.91 Å². The first-order valence-corrected chi connectivity index (χ1v) is 12.3. The average molecular weight is 504 g/mol. The Hall–Kier alpha value is -4.07. The molecule has 3 aromatic carbocycles. The number of anilines is 1. The number of ether oxygens (including phenoxy) is 2. The van der Waals surface area contributed by atoms with Crippen molar-refractivity contribution in [2.24, 2.45) is 0 Å². The van der Waals surface area contributed by atoms with Crippen LogP contribution in [0.15, 0.2) is 66.7 Å². The van der Waals surface area contributed by atoms with Crippen molar-refractivity contribution >= 4 is 17.3 Å². The van der Waals surface area contributed by atoms with Gasteiger partial charge in [0.05, 0.1) is 12.0 Å². The van der Waals surface area contributed by atoms with Gasteiger partial charge in [-0.05, 0) is 68.7 Å². The number of nitro benzene ring substituents is 1. The van der Waals surface area contributed by atoms with Gasteiger partial charge in [-0.1, -0.05) is 24.3 Å². The maximum absolute atomic E-state index is 13.7. The summed E-state index contributed by atoms with van der Waals surface area (Å²) in [7, 11) is 1.62. The van der Waals surface area contributed by atoms with Gasteiger partial charge in [-0.2, -0.15) is 0 Å². The molecule has 1 amide bonds. The van der Waals surface area contributed by atoms with Crippen LogP contribution in [0.2, 0.25) is 0 Å². The Balaban J connectivity index is 1.56. The maximum Gasteiger partial charge on any atom is 0.269 e. The predicted octanol–water partition coefficient (Wildman–Crippen LogP) is 5.39. The van der Waals surface area contributed by atoms with Crippen molar-refractivity contribution in [3.8, 4) is 11.5 Å². The fraction of sp³-hybridized carbons (Fsp3) is 0.345. The summed E-state index contributed by atoms with van der Waals surface area (Å²) in [5, 5.41) is 14.7. The van der Waals surface area contributed by atoms with Gasteiger partial charge >= 0.3 is 0 Å². The first-order valence-electron chi connectivity index (χ1n) is 12.3. The molecule has 0 aromatic heterocycles. The van der Waals surface area contributed by atoms with E-state index < -0.39 is 11.0 Å². The van der Waals surface area contributed by atoms with Crippen LogP contribution in [0.1, 0.15) is 37.5 Å². The van der Waals surface area contributed by atoms with Crippen LogP contribution in [-0.4, -0.2) is 41.0 Å². The summed E-state index contributed by atoms with van der Waals surface area (Å²) in [5.41, 5.74) is 3.26. The summed E-state index contributed by atoms with van der Waals surface area (Å²) in [5.74, 6) is 1.51. The van der Waals surface area contributed by atoms with Crippen LogP contribution in [0.3, 0.4) is 0 Å². The van der Waals surface area contributed by atoms with Crippen molar-refractivity contribution in [1.29, 1.82) is 0 Å². The number of hydrogen-bond donors (Lipinski definition) is 1. The number of carbonyl (C=O) groups is 1. The number of hydrogen-bond acceptors (Lipinski definition) is 6. The van der Waals surface area contributed by atoms with Crippen LogP contribution in [0.5, 0.6) is 11.5 Å². The molecule has 8 nitrogen and oxygen atoms in total. The van der Waals surface area contributed by atoms with Crippen molar-refractivity contribution in [1.82, 2.24) is 4.90 Å². The molecule has 0 spiro atoms. The Morgan fingerprint density at radius 3 is 2.27 bits per heavy atom. The Morgan fingerprint density at radius 2 is 1.65 bits per heavy atom. The summed E-state index contributed by atoms with van der Waals surface area (Å²) < 4.78 is 11.1. The van der Waals surface area contributed by atoms with Gasteiger partial charge in [0, 0.05) is 42.9 Å². The van der Waals surface area contributed by atoms with E-state index in [0.717, 1.165) is 33.9 Å². The van der Waals surface area contributed by atoms with Crippen LogP contribution in [0.25, 0.3) is 0 Å². The molecule has 0 radical (unpaired) electrons. The maximum atomic E-state index is 13.7. The topological polar surface area (TPSA) is 93.9 Å². The lowest BCUT2D eigenvalue weighted by atomic mass is 10.0. The number of carbonyl (C=O) groups excluding carboxylic acids is 1. The van der Waals surface area contributed by atoms with E-state index in [4.69, 9.17) is 9.47 Å². The van der Waals surface area contributed by atoms with Crippen molar-refractivity contribution in [3.05, 3.63) is 93.5 Å². The van der Waals surface area contributed by atoms with Gasteiger partial charge in [0.15, 0.2) is 0 Å². The average Bonchev–Trinajstić information content (AvgIpc) is 2.99. The Bertz CT molecular complexity index is 1250. The molecule has 0 fully saturated rings. The molecular weight excluding hydrogens is 470 g/mol. The normalized spacial score (nSPS) is 15.4. The van der Waals surface area contributed by atoms with Crippen molar-refractivity contribution < 1.29 is 19.2 Å². The van der Waals surface area contributed by atoms with Gasteiger partial charge < -0.3 is 19.7 Å². The second-order valence-electron chi connectivity index (χ2n) is 10.2. The molecule has 1 aliphatic rings. The summed E-state index contributed by atoms with van der Waals surface area (Å²) in [4.78, 5) is 26.5. The zero-order valence-corrected chi connectivity index (χ0v) is 21.7. The van der Waals surface area contributed by atoms with Crippen LogP contribution < -0.4 is 14.8 Å². The number of nitrogens with one attached hydrogen (secondary N) is 1. The second kappa shape index (κ2) is 10.9. The minimum absolute atomic E-state index is 0.0102. The van der Waals surface area contributed by atoms with Crippen LogP contribution >= 0.6 is 0 Å². The van der Waals surface area contributed by atoms with Gasteiger partial charge in [0.25, 0.3) is 5.69 Å². The SMILES string of the molecule is COc1ccc(CCN2Cc3cc([N+](=O)[O-])ccc3N[C@@H](Cc3ccc(OC(C)(C)C)cc3)C2=O)cc1. The van der Waals surface area contributed by atoms with Gasteiger partial charge in [-0.15, -0.1) is 0 Å². The third kappa shape index (κ3) is 6.78. The van der Waals surface area contributed by atoms with Crippen LogP contribution in [0.4, 0.5) is 11.4 Å². The first kappa shape index (κ1) is 26.0. The first-order chi connectivity index (χ1) is 17.6. The third-order valence-electron chi connectivity index (χ3n) is 6.22. The predicted molar refractivity (Wildman–Crippen MR) is 143 cm³/mol. The van der Waals surface area contributed by atoms with E-state index in [9.17, 15) is 14.9 Å². The quantitative estimate of drug-likeness (QED) is 0.327. The summed E-state index contributed by atoms with van der Waals surface area (Å²) in [6, 6.07) is 19.8. The number of fused-ring (bicyclic) bond motifs is 1. The van der Waals surface area contributed by atoms with E-state index in [1.165, 1.54) is 6.07 Å². The Morgan fingerprint density at radius 1 is 1.00 bits per heavy atom. The molecular formula is C29H33N3O5. The number of amides is 1. The van der Waals surface area contributed by atoms with Crippen molar-refractivity contribution in [2.45, 2.75) is 51.8 Å². The molecule has 1 aliphatic heterocycles. The molecule has 0 bridgehead atoms. The highest BCUT2D eigenvalue weighted by Gasteiger charge is 2.30. The van der Waals surface area contributed by atoms with Crippen molar-refractivity contribution in [2.75, 3.05) is 19.0 Å². The fourth-order valence-corrected chi connectivity index (χ4v) is 4.39. The Kier molecular flexibility index (Phi) is 7.66. The lowest BCUT2D eigenvalue weighted by molar-refractivity contribution is -0.384. The largest absolute Gasteiger partial charge is 0.497 e. The van der Waals surface area contributed by atoms with E-state index in [1.54, 1.807) is 24.1 Å². The van der Waals surface area contributed by atoms with Crippen LogP contribution in [-0.2, 0) is 24.2 Å². The molecule has 0 unspecified atom stereocenters. The fourth-order valence-electron chi connectivity index (χ4n) is 4.39. The highest BCUT2D eigenvalue weighted by Crippen LogP contribution is 2.29. The number of nitro groups is 1. The minimum atomic E-state index is -0.507. The molecule has 0 saturated carbocycles. The lowest BCUT2D eigenvalue weighted by Gasteiger charge is -2.25. The van der Waals surface area contributed by atoms with E-state index in [0.29, 0.717) is 25.9 Å². The third-order valence-corrected chi connectivity index (χ3v) is 6.22. The lowest BCUT2D eigenvalue weighted by Crippen LogP contribution is -2.42. The molecule has 0 aliphatic carbocycles. The number of nitrogens with zero attached hydrogens (tertiary/aromatic N) is 2. The van der Waals surface area contributed by atoms with E-state index in [2.05, 4.69) is 5.32 Å². The zero-order chi connectivity index (χ0) is 26.6. The smallest absolute Gasteiger partial charge is 0.269 e. The molecule has 8 heteroatoms. The van der Waals surface area contributed by atoms with E-state index in [-0.39, 0.29) is 17.2 Å². The van der Waals surface area contributed by atoms with Gasteiger partial charge in [-0.25, -0.2) is 0 Å².